The Labute approximate surface area is 95.3 Å². The lowest BCUT2D eigenvalue weighted by molar-refractivity contribution is 1.58. The van der Waals surface area contributed by atoms with Crippen LogP contribution in [-0.2, 0) is 0 Å². The lowest BCUT2D eigenvalue weighted by atomic mass is 9.98. The molecule has 80 valence electrons. The van der Waals surface area contributed by atoms with Gasteiger partial charge in [0.2, 0.25) is 0 Å². The zero-order valence-corrected chi connectivity index (χ0v) is 9.40. The molecule has 0 aromatic heterocycles. The van der Waals surface area contributed by atoms with Crippen molar-refractivity contribution in [1.29, 1.82) is 0 Å². The summed E-state index contributed by atoms with van der Waals surface area (Å²) in [6.07, 6.45) is 0. The number of aryl methyl sites for hydroxylation is 1. The molecule has 1 nitrogen and oxygen atoms in total. The van der Waals surface area contributed by atoms with Gasteiger partial charge in [-0.25, -0.2) is 0 Å². The van der Waals surface area contributed by atoms with Crippen molar-refractivity contribution in [3.63, 3.8) is 0 Å². The number of rotatable bonds is 0. The van der Waals surface area contributed by atoms with E-state index in [1.54, 1.807) is 0 Å². The summed E-state index contributed by atoms with van der Waals surface area (Å²) in [5.41, 5.74) is 1.38. The van der Waals surface area contributed by atoms with Crippen molar-refractivity contribution in [3.05, 3.63) is 60.2 Å². The molecule has 3 N–H and O–H groups in total. The van der Waals surface area contributed by atoms with Crippen molar-refractivity contribution in [3.8, 4) is 0 Å². The molecular formula is C15H15N. The highest BCUT2D eigenvalue weighted by atomic mass is 14.1. The smallest absolute Gasteiger partial charge is 0.0148 e. The van der Waals surface area contributed by atoms with Gasteiger partial charge in [0.05, 0.1) is 0 Å². The van der Waals surface area contributed by atoms with E-state index in [4.69, 9.17) is 0 Å². The maximum absolute atomic E-state index is 2.26. The van der Waals surface area contributed by atoms with Crippen molar-refractivity contribution in [2.75, 3.05) is 0 Å². The monoisotopic (exact) mass is 209 g/mol. The van der Waals surface area contributed by atoms with Crippen LogP contribution in [0.25, 0.3) is 21.5 Å². The molecule has 0 amide bonds. The predicted molar refractivity (Wildman–Crippen MR) is 71.2 cm³/mol. The fraction of sp³-hybridized carbons (Fsp3) is 0.0667. The van der Waals surface area contributed by atoms with Crippen LogP contribution in [0.5, 0.6) is 0 Å². The van der Waals surface area contributed by atoms with Crippen molar-refractivity contribution >= 4 is 21.5 Å². The lowest BCUT2D eigenvalue weighted by Crippen LogP contribution is -1.81. The van der Waals surface area contributed by atoms with Crippen LogP contribution in [0, 0.1) is 6.92 Å². The van der Waals surface area contributed by atoms with Gasteiger partial charge < -0.3 is 6.15 Å². The first kappa shape index (κ1) is 10.7. The SMILES string of the molecule is Cc1c2ccccc2cc2ccccc12.N. The van der Waals surface area contributed by atoms with Crippen LogP contribution in [0.15, 0.2) is 54.6 Å². The molecule has 1 heteroatoms. The Kier molecular flexibility index (Phi) is 2.63. The van der Waals surface area contributed by atoms with E-state index in [0.29, 0.717) is 0 Å². The van der Waals surface area contributed by atoms with Crippen molar-refractivity contribution < 1.29 is 0 Å². The lowest BCUT2D eigenvalue weighted by Gasteiger charge is -2.06. The molecular weight excluding hydrogens is 194 g/mol. The summed E-state index contributed by atoms with van der Waals surface area (Å²) in [7, 11) is 0. The number of benzene rings is 3. The standard InChI is InChI=1S/C15H12.H3N/c1-11-14-8-4-2-6-12(14)10-13-7-3-5-9-15(11)13;/h2-10H,1H3;1H3. The second-order valence-electron chi connectivity index (χ2n) is 3.94. The Bertz CT molecular complexity index is 587. The van der Waals surface area contributed by atoms with Gasteiger partial charge in [-0.05, 0) is 40.1 Å². The fourth-order valence-corrected chi connectivity index (χ4v) is 2.24. The molecule has 0 fully saturated rings. The molecule has 0 unspecified atom stereocenters. The molecule has 0 aliphatic carbocycles. The Morgan fingerprint density at radius 2 is 1.12 bits per heavy atom. The summed E-state index contributed by atoms with van der Waals surface area (Å²) < 4.78 is 0. The molecule has 0 saturated carbocycles. The van der Waals surface area contributed by atoms with Crippen LogP contribution in [0.3, 0.4) is 0 Å². The number of hydrogen-bond acceptors (Lipinski definition) is 1. The zero-order chi connectivity index (χ0) is 10.3. The summed E-state index contributed by atoms with van der Waals surface area (Å²) in [4.78, 5) is 0. The second kappa shape index (κ2) is 3.95. The minimum absolute atomic E-state index is 0. The Morgan fingerprint density at radius 1 is 0.688 bits per heavy atom. The average molecular weight is 209 g/mol. The minimum atomic E-state index is 0. The topological polar surface area (TPSA) is 35.0 Å². The van der Waals surface area contributed by atoms with Gasteiger partial charge in [-0.1, -0.05) is 48.5 Å². The molecule has 0 bridgehead atoms. The third-order valence-corrected chi connectivity index (χ3v) is 3.04. The molecule has 0 saturated heterocycles. The molecule has 3 aromatic rings. The first-order valence-corrected chi connectivity index (χ1v) is 5.23. The summed E-state index contributed by atoms with van der Waals surface area (Å²) in [5, 5.41) is 5.37. The summed E-state index contributed by atoms with van der Waals surface area (Å²) in [6, 6.07) is 19.4. The van der Waals surface area contributed by atoms with E-state index in [0.717, 1.165) is 0 Å². The first-order valence-electron chi connectivity index (χ1n) is 5.23. The molecule has 0 heterocycles. The first-order chi connectivity index (χ1) is 7.36. The summed E-state index contributed by atoms with van der Waals surface area (Å²) in [5.74, 6) is 0. The van der Waals surface area contributed by atoms with Crippen LogP contribution in [0.1, 0.15) is 5.56 Å². The molecule has 0 radical (unpaired) electrons. The van der Waals surface area contributed by atoms with Gasteiger partial charge in [-0.3, -0.25) is 0 Å². The Morgan fingerprint density at radius 3 is 1.62 bits per heavy atom. The van der Waals surface area contributed by atoms with Crippen LogP contribution in [-0.4, -0.2) is 0 Å². The quantitative estimate of drug-likeness (QED) is 0.545. The van der Waals surface area contributed by atoms with Crippen molar-refractivity contribution in [2.24, 2.45) is 0 Å². The van der Waals surface area contributed by atoms with Crippen LogP contribution in [0.4, 0.5) is 0 Å². The molecule has 16 heavy (non-hydrogen) atoms. The van der Waals surface area contributed by atoms with E-state index in [2.05, 4.69) is 61.5 Å². The second-order valence-corrected chi connectivity index (χ2v) is 3.94. The summed E-state index contributed by atoms with van der Waals surface area (Å²) >= 11 is 0. The van der Waals surface area contributed by atoms with E-state index in [9.17, 15) is 0 Å². The highest BCUT2D eigenvalue weighted by Crippen LogP contribution is 2.27. The molecule has 0 atom stereocenters. The minimum Gasteiger partial charge on any atom is -0.344 e. The highest BCUT2D eigenvalue weighted by Gasteiger charge is 2.01. The largest absolute Gasteiger partial charge is 0.344 e. The van der Waals surface area contributed by atoms with Gasteiger partial charge in [0.25, 0.3) is 0 Å². The number of fused-ring (bicyclic) bond motifs is 2. The van der Waals surface area contributed by atoms with Gasteiger partial charge in [-0.15, -0.1) is 0 Å². The molecule has 3 aromatic carbocycles. The molecule has 3 rings (SSSR count). The van der Waals surface area contributed by atoms with Gasteiger partial charge >= 0.3 is 0 Å². The van der Waals surface area contributed by atoms with E-state index in [-0.39, 0.29) is 6.15 Å². The maximum Gasteiger partial charge on any atom is -0.0148 e. The zero-order valence-electron chi connectivity index (χ0n) is 9.40. The normalized spacial score (nSPS) is 10.3. The summed E-state index contributed by atoms with van der Waals surface area (Å²) in [6.45, 7) is 2.20. The van der Waals surface area contributed by atoms with Gasteiger partial charge in [0.15, 0.2) is 0 Å². The van der Waals surface area contributed by atoms with Gasteiger partial charge in [0, 0.05) is 0 Å². The highest BCUT2D eigenvalue weighted by molar-refractivity contribution is 6.01. The van der Waals surface area contributed by atoms with Crippen LogP contribution in [0.2, 0.25) is 0 Å². The van der Waals surface area contributed by atoms with Gasteiger partial charge in [0.1, 0.15) is 0 Å². The van der Waals surface area contributed by atoms with Crippen molar-refractivity contribution in [2.45, 2.75) is 6.92 Å². The van der Waals surface area contributed by atoms with E-state index < -0.39 is 0 Å². The van der Waals surface area contributed by atoms with Crippen LogP contribution >= 0.6 is 0 Å². The fourth-order valence-electron chi connectivity index (χ4n) is 2.24. The van der Waals surface area contributed by atoms with Gasteiger partial charge in [-0.2, -0.15) is 0 Å². The van der Waals surface area contributed by atoms with Crippen LogP contribution < -0.4 is 6.15 Å². The Hall–Kier alpha value is -1.86. The molecule has 0 aliphatic rings. The Balaban J connectivity index is 0.000000963. The average Bonchev–Trinajstić information content (AvgIpc) is 2.30. The number of hydrogen-bond donors (Lipinski definition) is 1. The van der Waals surface area contributed by atoms with E-state index in [1.807, 2.05) is 0 Å². The molecule has 0 aliphatic heterocycles. The third-order valence-electron chi connectivity index (χ3n) is 3.04. The molecule has 0 spiro atoms. The third kappa shape index (κ3) is 1.46. The van der Waals surface area contributed by atoms with E-state index >= 15 is 0 Å². The van der Waals surface area contributed by atoms with Crippen molar-refractivity contribution in [1.82, 2.24) is 6.15 Å². The van der Waals surface area contributed by atoms with E-state index in [1.165, 1.54) is 27.1 Å². The predicted octanol–water partition coefficient (Wildman–Crippen LogP) is 4.46. The maximum atomic E-state index is 2.26.